The topological polar surface area (TPSA) is 24.9 Å². The lowest BCUT2D eigenvalue weighted by Crippen LogP contribution is -2.35. The lowest BCUT2D eigenvalue weighted by atomic mass is 10.1. The standard InChI is InChI=1S/C18H26N2S/c1-5-6-12-16-20-15(13-19-18(2,3)4)17(21-16)14-10-8-7-9-11-14/h7-11,19H,5-6,12-13H2,1-4H3. The van der Waals surface area contributed by atoms with Gasteiger partial charge in [0.15, 0.2) is 0 Å². The largest absolute Gasteiger partial charge is 0.306 e. The van der Waals surface area contributed by atoms with Crippen molar-refractivity contribution >= 4 is 11.3 Å². The Balaban J connectivity index is 2.25. The molecule has 3 heteroatoms. The van der Waals surface area contributed by atoms with Crippen LogP contribution >= 0.6 is 11.3 Å². The maximum absolute atomic E-state index is 4.88. The Labute approximate surface area is 132 Å². The van der Waals surface area contributed by atoms with Crippen molar-refractivity contribution in [2.75, 3.05) is 0 Å². The van der Waals surface area contributed by atoms with Gasteiger partial charge in [-0.25, -0.2) is 4.98 Å². The monoisotopic (exact) mass is 302 g/mol. The van der Waals surface area contributed by atoms with Gasteiger partial charge in [0.2, 0.25) is 0 Å². The zero-order chi connectivity index (χ0) is 15.3. The molecular formula is C18H26N2S. The fraction of sp³-hybridized carbons (Fsp3) is 0.500. The van der Waals surface area contributed by atoms with Gasteiger partial charge in [0.05, 0.1) is 15.6 Å². The molecule has 114 valence electrons. The molecule has 0 aliphatic rings. The molecule has 1 aromatic carbocycles. The summed E-state index contributed by atoms with van der Waals surface area (Å²) < 4.78 is 0. The summed E-state index contributed by atoms with van der Waals surface area (Å²) in [5.74, 6) is 0. The number of rotatable bonds is 6. The molecule has 1 aromatic heterocycles. The molecule has 21 heavy (non-hydrogen) atoms. The lowest BCUT2D eigenvalue weighted by molar-refractivity contribution is 0.422. The van der Waals surface area contributed by atoms with Gasteiger partial charge in [-0.05, 0) is 39.2 Å². The van der Waals surface area contributed by atoms with Crippen molar-refractivity contribution in [3.63, 3.8) is 0 Å². The molecule has 0 unspecified atom stereocenters. The van der Waals surface area contributed by atoms with E-state index in [0.717, 1.165) is 13.0 Å². The minimum absolute atomic E-state index is 0.112. The van der Waals surface area contributed by atoms with Crippen LogP contribution in [-0.2, 0) is 13.0 Å². The van der Waals surface area contributed by atoms with Crippen LogP contribution in [0.5, 0.6) is 0 Å². The third-order valence-electron chi connectivity index (χ3n) is 3.31. The molecule has 0 atom stereocenters. The summed E-state index contributed by atoms with van der Waals surface area (Å²) in [6.07, 6.45) is 3.53. The van der Waals surface area contributed by atoms with Gasteiger partial charge in [0.25, 0.3) is 0 Å². The van der Waals surface area contributed by atoms with Crippen LogP contribution in [0, 0.1) is 0 Å². The molecule has 1 heterocycles. The van der Waals surface area contributed by atoms with E-state index in [1.165, 1.54) is 34.0 Å². The number of benzene rings is 1. The van der Waals surface area contributed by atoms with E-state index in [-0.39, 0.29) is 5.54 Å². The summed E-state index contributed by atoms with van der Waals surface area (Å²) >= 11 is 1.85. The van der Waals surface area contributed by atoms with E-state index < -0.39 is 0 Å². The smallest absolute Gasteiger partial charge is 0.0935 e. The SMILES string of the molecule is CCCCc1nc(CNC(C)(C)C)c(-c2ccccc2)s1. The summed E-state index contributed by atoms with van der Waals surface area (Å²) in [5.41, 5.74) is 2.58. The minimum atomic E-state index is 0.112. The first-order valence-corrected chi connectivity index (χ1v) is 8.60. The van der Waals surface area contributed by atoms with Gasteiger partial charge in [0, 0.05) is 12.1 Å². The molecule has 2 rings (SSSR count). The van der Waals surface area contributed by atoms with Crippen molar-refractivity contribution in [1.29, 1.82) is 0 Å². The number of nitrogens with one attached hydrogen (secondary N) is 1. The highest BCUT2D eigenvalue weighted by Gasteiger charge is 2.15. The highest BCUT2D eigenvalue weighted by molar-refractivity contribution is 7.15. The summed E-state index contributed by atoms with van der Waals surface area (Å²) in [7, 11) is 0. The third-order valence-corrected chi connectivity index (χ3v) is 4.51. The van der Waals surface area contributed by atoms with E-state index in [4.69, 9.17) is 4.98 Å². The van der Waals surface area contributed by atoms with Crippen molar-refractivity contribution in [3.8, 4) is 10.4 Å². The molecule has 0 radical (unpaired) electrons. The van der Waals surface area contributed by atoms with Crippen LogP contribution in [0.4, 0.5) is 0 Å². The molecule has 0 saturated heterocycles. The summed E-state index contributed by atoms with van der Waals surface area (Å²) in [6, 6.07) is 10.6. The number of unbranched alkanes of at least 4 members (excludes halogenated alkanes) is 1. The van der Waals surface area contributed by atoms with E-state index in [1.54, 1.807) is 0 Å². The Kier molecular flexibility index (Phi) is 5.54. The van der Waals surface area contributed by atoms with Crippen LogP contribution in [0.25, 0.3) is 10.4 Å². The number of aryl methyl sites for hydroxylation is 1. The molecule has 0 amide bonds. The molecular weight excluding hydrogens is 276 g/mol. The Morgan fingerprint density at radius 2 is 1.86 bits per heavy atom. The molecule has 1 N–H and O–H groups in total. The van der Waals surface area contributed by atoms with Gasteiger partial charge in [-0.3, -0.25) is 0 Å². The third kappa shape index (κ3) is 4.94. The van der Waals surface area contributed by atoms with Crippen LogP contribution in [0.2, 0.25) is 0 Å². The lowest BCUT2D eigenvalue weighted by Gasteiger charge is -2.20. The van der Waals surface area contributed by atoms with Gasteiger partial charge < -0.3 is 5.32 Å². The molecule has 2 aromatic rings. The van der Waals surface area contributed by atoms with Crippen LogP contribution in [0.3, 0.4) is 0 Å². The second-order valence-electron chi connectivity index (χ2n) is 6.46. The van der Waals surface area contributed by atoms with Gasteiger partial charge in [-0.1, -0.05) is 43.7 Å². The van der Waals surface area contributed by atoms with Crippen molar-refractivity contribution in [2.24, 2.45) is 0 Å². The minimum Gasteiger partial charge on any atom is -0.306 e. The number of hydrogen-bond donors (Lipinski definition) is 1. The van der Waals surface area contributed by atoms with E-state index in [9.17, 15) is 0 Å². The average molecular weight is 302 g/mol. The average Bonchev–Trinajstić information content (AvgIpc) is 2.86. The number of thiazole rings is 1. The number of nitrogens with zero attached hydrogens (tertiary/aromatic N) is 1. The van der Waals surface area contributed by atoms with Gasteiger partial charge >= 0.3 is 0 Å². The van der Waals surface area contributed by atoms with Crippen molar-refractivity contribution in [3.05, 3.63) is 41.0 Å². The fourth-order valence-electron chi connectivity index (χ4n) is 2.12. The number of aromatic nitrogens is 1. The van der Waals surface area contributed by atoms with Crippen molar-refractivity contribution in [2.45, 2.75) is 59.0 Å². The predicted molar refractivity (Wildman–Crippen MR) is 92.8 cm³/mol. The molecule has 0 aliphatic carbocycles. The molecule has 0 spiro atoms. The van der Waals surface area contributed by atoms with E-state index in [1.807, 2.05) is 11.3 Å². The number of hydrogen-bond acceptors (Lipinski definition) is 3. The maximum Gasteiger partial charge on any atom is 0.0935 e. The zero-order valence-corrected chi connectivity index (χ0v) is 14.4. The Morgan fingerprint density at radius 1 is 1.14 bits per heavy atom. The molecule has 2 nitrogen and oxygen atoms in total. The van der Waals surface area contributed by atoms with Gasteiger partial charge in [0.1, 0.15) is 0 Å². The van der Waals surface area contributed by atoms with E-state index in [2.05, 4.69) is 63.3 Å². The predicted octanol–water partition coefficient (Wildman–Crippen LogP) is 5.04. The Hall–Kier alpha value is -1.19. The van der Waals surface area contributed by atoms with Crippen LogP contribution in [-0.4, -0.2) is 10.5 Å². The quantitative estimate of drug-likeness (QED) is 0.808. The Bertz CT molecular complexity index is 552. The molecule has 0 aliphatic heterocycles. The first kappa shape index (κ1) is 16.2. The highest BCUT2D eigenvalue weighted by atomic mass is 32.1. The normalized spacial score (nSPS) is 11.8. The second-order valence-corrected chi connectivity index (χ2v) is 7.54. The fourth-order valence-corrected chi connectivity index (χ4v) is 3.25. The van der Waals surface area contributed by atoms with Gasteiger partial charge in [-0.15, -0.1) is 11.3 Å². The van der Waals surface area contributed by atoms with E-state index >= 15 is 0 Å². The van der Waals surface area contributed by atoms with Crippen LogP contribution in [0.15, 0.2) is 30.3 Å². The first-order chi connectivity index (χ1) is 9.99. The maximum atomic E-state index is 4.88. The van der Waals surface area contributed by atoms with Crippen LogP contribution in [0.1, 0.15) is 51.2 Å². The molecule has 0 saturated carbocycles. The van der Waals surface area contributed by atoms with Crippen molar-refractivity contribution < 1.29 is 0 Å². The van der Waals surface area contributed by atoms with E-state index in [0.29, 0.717) is 0 Å². The molecule has 0 fully saturated rings. The Morgan fingerprint density at radius 3 is 2.48 bits per heavy atom. The summed E-state index contributed by atoms with van der Waals surface area (Å²) in [5, 5.41) is 4.83. The van der Waals surface area contributed by atoms with Crippen LogP contribution < -0.4 is 5.32 Å². The highest BCUT2D eigenvalue weighted by Crippen LogP contribution is 2.31. The summed E-state index contributed by atoms with van der Waals surface area (Å²) in [4.78, 5) is 6.20. The zero-order valence-electron chi connectivity index (χ0n) is 13.6. The summed E-state index contributed by atoms with van der Waals surface area (Å²) in [6.45, 7) is 9.64. The first-order valence-electron chi connectivity index (χ1n) is 7.78. The van der Waals surface area contributed by atoms with Gasteiger partial charge in [-0.2, -0.15) is 0 Å². The second kappa shape index (κ2) is 7.19. The van der Waals surface area contributed by atoms with Crippen molar-refractivity contribution in [1.82, 2.24) is 10.3 Å². The molecule has 0 bridgehead atoms.